The third kappa shape index (κ3) is 0.490. The van der Waals surface area contributed by atoms with Gasteiger partial charge in [-0.1, -0.05) is 12.5 Å². The SMILES string of the molecule is CC1=C(C)[C@]2(C)[C@]3(C)O[C@]3(C)[C@@]2(C)C1=O. The first-order chi connectivity index (χ1) is 6.68. The van der Waals surface area contributed by atoms with Crippen molar-refractivity contribution in [2.24, 2.45) is 10.8 Å². The minimum Gasteiger partial charge on any atom is -0.361 e. The monoisotopic (exact) mass is 206 g/mol. The van der Waals surface area contributed by atoms with Crippen molar-refractivity contribution in [1.82, 2.24) is 0 Å². The van der Waals surface area contributed by atoms with Gasteiger partial charge in [0, 0.05) is 5.41 Å². The maximum absolute atomic E-state index is 12.4. The summed E-state index contributed by atoms with van der Waals surface area (Å²) in [6.45, 7) is 12.5. The van der Waals surface area contributed by atoms with E-state index < -0.39 is 0 Å². The average molecular weight is 206 g/mol. The highest BCUT2D eigenvalue weighted by atomic mass is 16.6. The predicted molar refractivity (Wildman–Crippen MR) is 57.5 cm³/mol. The summed E-state index contributed by atoms with van der Waals surface area (Å²) in [6, 6.07) is 0. The maximum Gasteiger partial charge on any atom is 0.168 e. The van der Waals surface area contributed by atoms with Gasteiger partial charge in [0.25, 0.3) is 0 Å². The second-order valence-corrected chi connectivity index (χ2v) is 6.00. The Labute approximate surface area is 90.7 Å². The highest BCUT2D eigenvalue weighted by Crippen LogP contribution is 2.86. The van der Waals surface area contributed by atoms with Gasteiger partial charge in [-0.15, -0.1) is 0 Å². The number of carbonyl (C=O) groups is 1. The number of ether oxygens (including phenoxy) is 1. The Balaban J connectivity index is 2.29. The van der Waals surface area contributed by atoms with Crippen LogP contribution in [0.4, 0.5) is 0 Å². The van der Waals surface area contributed by atoms with Crippen LogP contribution < -0.4 is 0 Å². The average Bonchev–Trinajstić information content (AvgIpc) is 2.71. The van der Waals surface area contributed by atoms with Crippen LogP contribution in [0.25, 0.3) is 0 Å². The lowest BCUT2D eigenvalue weighted by atomic mass is 9.40. The quantitative estimate of drug-likeness (QED) is 0.570. The van der Waals surface area contributed by atoms with E-state index in [1.165, 1.54) is 5.57 Å². The molecule has 3 aliphatic rings. The minimum atomic E-state index is -0.330. The number of fused-ring (bicyclic) bond motifs is 4. The number of hydrogen-bond acceptors (Lipinski definition) is 2. The van der Waals surface area contributed by atoms with Gasteiger partial charge < -0.3 is 4.74 Å². The lowest BCUT2D eigenvalue weighted by molar-refractivity contribution is -0.140. The molecule has 2 nitrogen and oxygen atoms in total. The number of Topliss-reactive ketones (excluding diaryl/α,β-unsaturated/α-hetero) is 1. The summed E-state index contributed by atoms with van der Waals surface area (Å²) in [5.41, 5.74) is 1.42. The van der Waals surface area contributed by atoms with Crippen LogP contribution in [-0.4, -0.2) is 17.0 Å². The van der Waals surface area contributed by atoms with Crippen molar-refractivity contribution in [3.05, 3.63) is 11.1 Å². The Morgan fingerprint density at radius 1 is 0.933 bits per heavy atom. The fourth-order valence-corrected chi connectivity index (χ4v) is 4.53. The lowest BCUT2D eigenvalue weighted by Crippen LogP contribution is -2.68. The van der Waals surface area contributed by atoms with Crippen molar-refractivity contribution in [2.45, 2.75) is 52.7 Å². The number of hydrogen-bond donors (Lipinski definition) is 0. The Morgan fingerprint density at radius 2 is 1.40 bits per heavy atom. The third-order valence-electron chi connectivity index (χ3n) is 6.29. The molecule has 0 unspecified atom stereocenters. The van der Waals surface area contributed by atoms with Crippen LogP contribution in [0.5, 0.6) is 0 Å². The number of carbonyl (C=O) groups excluding carboxylic acids is 1. The van der Waals surface area contributed by atoms with Crippen LogP contribution in [0.2, 0.25) is 0 Å². The van der Waals surface area contributed by atoms with Gasteiger partial charge in [0.05, 0.1) is 5.41 Å². The molecule has 0 spiro atoms. The minimum absolute atomic E-state index is 0.0874. The van der Waals surface area contributed by atoms with Crippen molar-refractivity contribution < 1.29 is 9.53 Å². The molecule has 1 saturated carbocycles. The summed E-state index contributed by atoms with van der Waals surface area (Å²) < 4.78 is 5.91. The van der Waals surface area contributed by atoms with Crippen molar-refractivity contribution in [1.29, 1.82) is 0 Å². The van der Waals surface area contributed by atoms with Gasteiger partial charge in [-0.05, 0) is 40.2 Å². The summed E-state index contributed by atoms with van der Waals surface area (Å²) >= 11 is 0. The van der Waals surface area contributed by atoms with Gasteiger partial charge in [-0.3, -0.25) is 4.79 Å². The molecular weight excluding hydrogens is 188 g/mol. The fraction of sp³-hybridized carbons (Fsp3) is 0.769. The number of rotatable bonds is 0. The summed E-state index contributed by atoms with van der Waals surface area (Å²) in [7, 11) is 0. The zero-order chi connectivity index (χ0) is 11.4. The van der Waals surface area contributed by atoms with E-state index in [0.717, 1.165) is 5.57 Å². The molecular formula is C13H18O2. The van der Waals surface area contributed by atoms with E-state index in [9.17, 15) is 4.79 Å². The topological polar surface area (TPSA) is 29.6 Å². The first kappa shape index (κ1) is 9.59. The zero-order valence-corrected chi connectivity index (χ0v) is 10.3. The molecule has 1 aliphatic heterocycles. The predicted octanol–water partition coefficient (Wildman–Crippen LogP) is 2.48. The highest BCUT2D eigenvalue weighted by molar-refractivity contribution is 6.08. The van der Waals surface area contributed by atoms with Crippen molar-refractivity contribution in [3.63, 3.8) is 0 Å². The Morgan fingerprint density at radius 3 is 1.87 bits per heavy atom. The molecule has 15 heavy (non-hydrogen) atoms. The third-order valence-corrected chi connectivity index (χ3v) is 6.29. The van der Waals surface area contributed by atoms with Crippen molar-refractivity contribution >= 4 is 5.78 Å². The normalized spacial score (nSPS) is 61.3. The van der Waals surface area contributed by atoms with E-state index in [0.29, 0.717) is 5.78 Å². The first-order valence-electron chi connectivity index (χ1n) is 5.61. The Hall–Kier alpha value is -0.630. The van der Waals surface area contributed by atoms with Crippen LogP contribution in [0.1, 0.15) is 41.5 Å². The van der Waals surface area contributed by atoms with E-state index in [1.807, 2.05) is 6.92 Å². The molecule has 0 aromatic heterocycles. The Bertz CT molecular complexity index is 449. The van der Waals surface area contributed by atoms with Gasteiger partial charge >= 0.3 is 0 Å². The van der Waals surface area contributed by atoms with Gasteiger partial charge in [-0.25, -0.2) is 0 Å². The smallest absolute Gasteiger partial charge is 0.168 e. The molecule has 2 fully saturated rings. The fourth-order valence-electron chi connectivity index (χ4n) is 4.53. The summed E-state index contributed by atoms with van der Waals surface area (Å²) in [5, 5.41) is 0. The van der Waals surface area contributed by atoms with Crippen molar-refractivity contribution in [2.75, 3.05) is 0 Å². The molecule has 3 rings (SSSR count). The van der Waals surface area contributed by atoms with Gasteiger partial charge in [-0.2, -0.15) is 0 Å². The summed E-state index contributed by atoms with van der Waals surface area (Å²) in [5.74, 6) is 0.292. The van der Waals surface area contributed by atoms with Gasteiger partial charge in [0.15, 0.2) is 5.78 Å². The lowest BCUT2D eigenvalue weighted by Gasteiger charge is -2.56. The first-order valence-corrected chi connectivity index (χ1v) is 5.61. The molecule has 0 amide bonds. The number of allylic oxidation sites excluding steroid dienone is 1. The number of ketones is 1. The van der Waals surface area contributed by atoms with E-state index in [1.54, 1.807) is 0 Å². The van der Waals surface area contributed by atoms with E-state index in [4.69, 9.17) is 4.74 Å². The van der Waals surface area contributed by atoms with E-state index in [-0.39, 0.29) is 22.0 Å². The second-order valence-electron chi connectivity index (χ2n) is 6.00. The molecule has 0 aromatic rings. The molecule has 0 radical (unpaired) electrons. The number of epoxide rings is 1. The summed E-state index contributed by atoms with van der Waals surface area (Å²) in [6.07, 6.45) is 0. The molecule has 1 heterocycles. The van der Waals surface area contributed by atoms with Crippen LogP contribution in [0.15, 0.2) is 11.1 Å². The van der Waals surface area contributed by atoms with Crippen LogP contribution in [-0.2, 0) is 9.53 Å². The van der Waals surface area contributed by atoms with Crippen LogP contribution >= 0.6 is 0 Å². The maximum atomic E-state index is 12.4. The molecule has 2 heteroatoms. The highest BCUT2D eigenvalue weighted by Gasteiger charge is 2.96. The molecule has 1 saturated heterocycles. The molecule has 82 valence electrons. The van der Waals surface area contributed by atoms with Crippen LogP contribution in [0.3, 0.4) is 0 Å². The second kappa shape index (κ2) is 1.84. The van der Waals surface area contributed by atoms with E-state index >= 15 is 0 Å². The van der Waals surface area contributed by atoms with Gasteiger partial charge in [0.1, 0.15) is 11.2 Å². The molecule has 4 atom stereocenters. The molecule has 0 N–H and O–H groups in total. The van der Waals surface area contributed by atoms with Crippen molar-refractivity contribution in [3.8, 4) is 0 Å². The van der Waals surface area contributed by atoms with Crippen LogP contribution in [0, 0.1) is 10.8 Å². The standard InChI is InChI=1S/C13H18O2/c1-7-8(2)10(3)11(4,9(7)14)13(6)12(10,5)15-13/h1-6H3/t10-,11-,12-,13+/m0/s1. The van der Waals surface area contributed by atoms with Gasteiger partial charge in [0.2, 0.25) is 0 Å². The molecule has 0 aromatic carbocycles. The molecule has 0 bridgehead atoms. The largest absolute Gasteiger partial charge is 0.361 e. The Kier molecular flexibility index (Phi) is 1.17. The van der Waals surface area contributed by atoms with E-state index in [2.05, 4.69) is 34.6 Å². The summed E-state index contributed by atoms with van der Waals surface area (Å²) in [4.78, 5) is 12.4. The zero-order valence-electron chi connectivity index (χ0n) is 10.3. The molecule has 2 aliphatic carbocycles.